The predicted molar refractivity (Wildman–Crippen MR) is 73.0 cm³/mol. The zero-order chi connectivity index (χ0) is 15.5. The van der Waals surface area contributed by atoms with Crippen molar-refractivity contribution in [1.82, 2.24) is 5.32 Å². The maximum absolute atomic E-state index is 12.4. The van der Waals surface area contributed by atoms with Crippen molar-refractivity contribution in [2.24, 2.45) is 4.99 Å². The van der Waals surface area contributed by atoms with Gasteiger partial charge in [-0.05, 0) is 24.3 Å². The van der Waals surface area contributed by atoms with Crippen LogP contribution in [-0.4, -0.2) is 29.3 Å². The molecule has 112 valence electrons. The van der Waals surface area contributed by atoms with Gasteiger partial charge in [-0.3, -0.25) is 19.9 Å². The number of alkyl halides is 3. The molecule has 1 aliphatic heterocycles. The number of hydrogen-bond donors (Lipinski definition) is 2. The number of rotatable bonds is 1. The first kappa shape index (κ1) is 15.4. The van der Waals surface area contributed by atoms with Crippen LogP contribution in [0.2, 0.25) is 0 Å². The number of hydrogen-bond acceptors (Lipinski definition) is 4. The van der Waals surface area contributed by atoms with Crippen LogP contribution in [0.3, 0.4) is 0 Å². The van der Waals surface area contributed by atoms with Crippen molar-refractivity contribution < 1.29 is 22.8 Å². The highest BCUT2D eigenvalue weighted by molar-refractivity contribution is 8.14. The second-order valence-corrected chi connectivity index (χ2v) is 5.10. The van der Waals surface area contributed by atoms with Crippen molar-refractivity contribution >= 4 is 34.4 Å². The summed E-state index contributed by atoms with van der Waals surface area (Å²) in [6, 6.07) is 3.81. The summed E-state index contributed by atoms with van der Waals surface area (Å²) in [6.45, 7) is 0.570. The molecule has 0 aromatic heterocycles. The van der Waals surface area contributed by atoms with E-state index in [9.17, 15) is 22.8 Å². The molecule has 5 nitrogen and oxygen atoms in total. The zero-order valence-corrected chi connectivity index (χ0v) is 11.3. The van der Waals surface area contributed by atoms with Crippen LogP contribution in [0, 0.1) is 0 Å². The highest BCUT2D eigenvalue weighted by Crippen LogP contribution is 2.29. The van der Waals surface area contributed by atoms with Crippen LogP contribution in [0.1, 0.15) is 5.56 Å². The first-order valence-corrected chi connectivity index (χ1v) is 6.81. The smallest absolute Gasteiger partial charge is 0.318 e. The number of carbonyl (C=O) groups is 2. The van der Waals surface area contributed by atoms with Crippen LogP contribution in [0.25, 0.3) is 0 Å². The Morgan fingerprint density at radius 3 is 2.24 bits per heavy atom. The average Bonchev–Trinajstić information content (AvgIpc) is 2.91. The summed E-state index contributed by atoms with van der Waals surface area (Å²) >= 11 is 1.31. The van der Waals surface area contributed by atoms with Gasteiger partial charge in [0.2, 0.25) is 0 Å². The van der Waals surface area contributed by atoms with Crippen molar-refractivity contribution in [3.05, 3.63) is 29.8 Å². The molecule has 2 amide bonds. The van der Waals surface area contributed by atoms with Crippen molar-refractivity contribution in [3.8, 4) is 0 Å². The summed E-state index contributed by atoms with van der Waals surface area (Å²) in [5.41, 5.74) is -0.731. The number of nitrogens with zero attached hydrogens (tertiary/aromatic N) is 1. The Morgan fingerprint density at radius 2 is 1.71 bits per heavy atom. The van der Waals surface area contributed by atoms with Gasteiger partial charge in [-0.15, -0.1) is 0 Å². The third-order valence-corrected chi connectivity index (χ3v) is 3.37. The standard InChI is InChI=1S/C12H10F3N3O2S/c13-12(14,15)7-1-3-8(4-2-7)17-9(19)10(20)18-11-16-5-6-21-11/h1-4H,5-6H2,(H,17,19)(H,16,18,20). The van der Waals surface area contributed by atoms with E-state index in [1.807, 2.05) is 0 Å². The molecule has 0 radical (unpaired) electrons. The number of thioether (sulfide) groups is 1. The third kappa shape index (κ3) is 4.22. The molecule has 1 aromatic carbocycles. The number of amidine groups is 1. The number of nitrogens with one attached hydrogen (secondary N) is 2. The predicted octanol–water partition coefficient (Wildman–Crippen LogP) is 1.86. The second kappa shape index (κ2) is 6.17. The number of amides is 2. The number of aliphatic imine (C=N–C) groups is 1. The summed E-state index contributed by atoms with van der Waals surface area (Å²) in [5, 5.41) is 4.89. The molecule has 0 fully saturated rings. The van der Waals surface area contributed by atoms with Crippen LogP contribution in [0.5, 0.6) is 0 Å². The molecule has 9 heteroatoms. The van der Waals surface area contributed by atoms with E-state index >= 15 is 0 Å². The normalized spacial score (nSPS) is 14.5. The van der Waals surface area contributed by atoms with E-state index in [0.717, 1.165) is 30.0 Å². The molecule has 1 aliphatic rings. The van der Waals surface area contributed by atoms with Crippen molar-refractivity contribution in [1.29, 1.82) is 0 Å². The maximum atomic E-state index is 12.4. The minimum atomic E-state index is -4.45. The molecule has 0 atom stereocenters. The molecule has 2 N–H and O–H groups in total. The molecule has 1 heterocycles. The molecular formula is C12H10F3N3O2S. The van der Waals surface area contributed by atoms with Gasteiger partial charge in [-0.2, -0.15) is 13.2 Å². The van der Waals surface area contributed by atoms with E-state index in [-0.39, 0.29) is 5.69 Å². The number of halogens is 3. The molecule has 0 unspecified atom stereocenters. The Morgan fingerprint density at radius 1 is 1.10 bits per heavy atom. The van der Waals surface area contributed by atoms with Gasteiger partial charge in [0, 0.05) is 11.4 Å². The van der Waals surface area contributed by atoms with E-state index in [1.165, 1.54) is 11.8 Å². The van der Waals surface area contributed by atoms with E-state index in [1.54, 1.807) is 0 Å². The Labute approximate surface area is 122 Å². The molecular weight excluding hydrogens is 307 g/mol. The summed E-state index contributed by atoms with van der Waals surface area (Å²) in [7, 11) is 0. The van der Waals surface area contributed by atoms with E-state index in [4.69, 9.17) is 0 Å². The fraction of sp³-hybridized carbons (Fsp3) is 0.250. The maximum Gasteiger partial charge on any atom is 0.416 e. The van der Waals surface area contributed by atoms with Gasteiger partial charge >= 0.3 is 18.0 Å². The zero-order valence-electron chi connectivity index (χ0n) is 10.5. The molecule has 0 aliphatic carbocycles. The lowest BCUT2D eigenvalue weighted by Crippen LogP contribution is -2.37. The highest BCUT2D eigenvalue weighted by Gasteiger charge is 2.30. The lowest BCUT2D eigenvalue weighted by atomic mass is 10.2. The first-order valence-electron chi connectivity index (χ1n) is 5.83. The highest BCUT2D eigenvalue weighted by atomic mass is 32.2. The Balaban J connectivity index is 1.94. The van der Waals surface area contributed by atoms with Crippen molar-refractivity contribution in [2.75, 3.05) is 17.6 Å². The lowest BCUT2D eigenvalue weighted by molar-refractivity contribution is -0.137. The van der Waals surface area contributed by atoms with Crippen LogP contribution in [0.15, 0.2) is 29.3 Å². The van der Waals surface area contributed by atoms with Gasteiger partial charge in [0.1, 0.15) is 0 Å². The van der Waals surface area contributed by atoms with Gasteiger partial charge in [0.15, 0.2) is 5.17 Å². The van der Waals surface area contributed by atoms with E-state index < -0.39 is 23.6 Å². The summed E-state index contributed by atoms with van der Waals surface area (Å²) in [4.78, 5) is 27.1. The van der Waals surface area contributed by atoms with E-state index in [0.29, 0.717) is 11.7 Å². The van der Waals surface area contributed by atoms with Crippen molar-refractivity contribution in [3.63, 3.8) is 0 Å². The number of anilines is 1. The first-order chi connectivity index (χ1) is 9.86. The molecule has 0 bridgehead atoms. The largest absolute Gasteiger partial charge is 0.416 e. The quantitative estimate of drug-likeness (QED) is 0.777. The van der Waals surface area contributed by atoms with Gasteiger partial charge < -0.3 is 5.32 Å². The number of benzene rings is 1. The second-order valence-electron chi connectivity index (χ2n) is 4.02. The summed E-state index contributed by atoms with van der Waals surface area (Å²) in [6.07, 6.45) is -4.45. The van der Waals surface area contributed by atoms with Gasteiger partial charge in [-0.25, -0.2) is 0 Å². The van der Waals surface area contributed by atoms with Gasteiger partial charge in [0.05, 0.1) is 12.1 Å². The van der Waals surface area contributed by atoms with Crippen LogP contribution >= 0.6 is 11.8 Å². The Bertz CT molecular complexity index is 584. The molecule has 1 aromatic rings. The molecule has 21 heavy (non-hydrogen) atoms. The Kier molecular flexibility index (Phi) is 4.51. The third-order valence-electron chi connectivity index (χ3n) is 2.48. The van der Waals surface area contributed by atoms with Crippen molar-refractivity contribution in [2.45, 2.75) is 6.18 Å². The molecule has 0 saturated carbocycles. The minimum absolute atomic E-state index is 0.101. The average molecular weight is 317 g/mol. The topological polar surface area (TPSA) is 70.6 Å². The number of carbonyl (C=O) groups excluding carboxylic acids is 2. The minimum Gasteiger partial charge on any atom is -0.318 e. The lowest BCUT2D eigenvalue weighted by Gasteiger charge is -2.08. The fourth-order valence-electron chi connectivity index (χ4n) is 1.50. The summed E-state index contributed by atoms with van der Waals surface area (Å²) in [5.74, 6) is -1.15. The molecule has 2 rings (SSSR count). The van der Waals surface area contributed by atoms with Gasteiger partial charge in [-0.1, -0.05) is 11.8 Å². The Hall–Kier alpha value is -2.03. The molecule has 0 spiro atoms. The van der Waals surface area contributed by atoms with Gasteiger partial charge in [0.25, 0.3) is 0 Å². The molecule has 0 saturated heterocycles. The van der Waals surface area contributed by atoms with Crippen LogP contribution in [-0.2, 0) is 15.8 Å². The SMILES string of the molecule is O=C(NC1=NCCS1)C(=O)Nc1ccc(C(F)(F)F)cc1. The fourth-order valence-corrected chi connectivity index (χ4v) is 2.22. The van der Waals surface area contributed by atoms with E-state index in [2.05, 4.69) is 15.6 Å². The van der Waals surface area contributed by atoms with Crippen LogP contribution in [0.4, 0.5) is 18.9 Å². The van der Waals surface area contributed by atoms with Crippen LogP contribution < -0.4 is 10.6 Å². The monoisotopic (exact) mass is 317 g/mol. The summed E-state index contributed by atoms with van der Waals surface area (Å²) < 4.78 is 37.1.